The maximum atomic E-state index is 10.9. The fourth-order valence-electron chi connectivity index (χ4n) is 3.61. The van der Waals surface area contributed by atoms with Crippen LogP contribution in [-0.4, -0.2) is 124 Å². The van der Waals surface area contributed by atoms with Gasteiger partial charge in [0.25, 0.3) is 0 Å². The molecule has 0 radical (unpaired) electrons. The van der Waals surface area contributed by atoms with E-state index in [2.05, 4.69) is 0 Å². The number of benzene rings is 1. The minimum absolute atomic E-state index is 0.202. The number of hydrogen-bond donors (Lipinski definition) is 7. The first-order chi connectivity index (χ1) is 15.7. The van der Waals surface area contributed by atoms with Crippen molar-refractivity contribution in [3.63, 3.8) is 0 Å². The normalized spacial score (nSPS) is 39.2. The molecular formula is C20H28O13. The van der Waals surface area contributed by atoms with Crippen LogP contribution in [-0.2, 0) is 14.2 Å². The van der Waals surface area contributed by atoms with E-state index in [0.717, 1.165) is 0 Å². The molecule has 2 aliphatic rings. The van der Waals surface area contributed by atoms with Gasteiger partial charge in [-0.15, -0.1) is 0 Å². The molecule has 2 aliphatic heterocycles. The molecule has 186 valence electrons. The number of aldehydes is 1. The van der Waals surface area contributed by atoms with E-state index in [-0.39, 0.29) is 18.1 Å². The Kier molecular flexibility index (Phi) is 8.58. The lowest BCUT2D eigenvalue weighted by Crippen LogP contribution is -2.64. The van der Waals surface area contributed by atoms with Crippen molar-refractivity contribution in [3.05, 3.63) is 23.8 Å². The fourth-order valence-corrected chi connectivity index (χ4v) is 3.61. The molecule has 1 aromatic rings. The average Bonchev–Trinajstić information content (AvgIpc) is 2.83. The van der Waals surface area contributed by atoms with Crippen LogP contribution in [0.1, 0.15) is 10.4 Å². The van der Waals surface area contributed by atoms with Crippen LogP contribution >= 0.6 is 0 Å². The predicted molar refractivity (Wildman–Crippen MR) is 105 cm³/mol. The number of aliphatic hydroxyl groups excluding tert-OH is 7. The van der Waals surface area contributed by atoms with Gasteiger partial charge >= 0.3 is 0 Å². The van der Waals surface area contributed by atoms with Crippen molar-refractivity contribution < 1.29 is 64.2 Å². The largest absolute Gasteiger partial charge is 0.493 e. The molecule has 2 heterocycles. The number of carbonyl (C=O) groups excluding carboxylic acids is 1. The van der Waals surface area contributed by atoms with Crippen LogP contribution in [0.25, 0.3) is 0 Å². The van der Waals surface area contributed by atoms with E-state index in [4.69, 9.17) is 23.7 Å². The Morgan fingerprint density at radius 2 is 1.64 bits per heavy atom. The van der Waals surface area contributed by atoms with Gasteiger partial charge < -0.3 is 59.4 Å². The molecule has 0 aliphatic carbocycles. The topological polar surface area (TPSA) is 205 Å². The van der Waals surface area contributed by atoms with Crippen molar-refractivity contribution in [2.24, 2.45) is 0 Å². The molecule has 3 rings (SSSR count). The minimum atomic E-state index is -1.79. The van der Waals surface area contributed by atoms with E-state index in [1.807, 2.05) is 0 Å². The molecule has 0 unspecified atom stereocenters. The number of methoxy groups -OCH3 is 1. The van der Waals surface area contributed by atoms with Crippen LogP contribution in [0.2, 0.25) is 0 Å². The number of hydrogen-bond acceptors (Lipinski definition) is 13. The summed E-state index contributed by atoms with van der Waals surface area (Å²) in [6.45, 7) is -1.04. The van der Waals surface area contributed by atoms with E-state index in [9.17, 15) is 40.5 Å². The van der Waals surface area contributed by atoms with Gasteiger partial charge in [0.15, 0.2) is 24.1 Å². The second-order valence-electron chi connectivity index (χ2n) is 7.68. The molecule has 0 saturated carbocycles. The quantitative estimate of drug-likeness (QED) is 0.182. The summed E-state index contributed by atoms with van der Waals surface area (Å²) in [5.41, 5.74) is 0.339. The molecule has 1 aromatic carbocycles. The molecule has 0 aromatic heterocycles. The van der Waals surface area contributed by atoms with Gasteiger partial charge in [0.05, 0.1) is 13.7 Å². The highest BCUT2D eigenvalue weighted by molar-refractivity contribution is 5.76. The Morgan fingerprint density at radius 1 is 0.909 bits per heavy atom. The van der Waals surface area contributed by atoms with Crippen molar-refractivity contribution in [2.75, 3.05) is 20.3 Å². The van der Waals surface area contributed by atoms with Gasteiger partial charge in [-0.2, -0.15) is 0 Å². The minimum Gasteiger partial charge on any atom is -0.493 e. The number of carbonyl (C=O) groups is 1. The van der Waals surface area contributed by atoms with E-state index in [1.165, 1.54) is 25.3 Å². The van der Waals surface area contributed by atoms with Gasteiger partial charge in [-0.3, -0.25) is 4.79 Å². The molecule has 10 atom stereocenters. The highest BCUT2D eigenvalue weighted by atomic mass is 16.7. The first-order valence-corrected chi connectivity index (χ1v) is 10.1. The summed E-state index contributed by atoms with van der Waals surface area (Å²) in [7, 11) is 1.36. The summed E-state index contributed by atoms with van der Waals surface area (Å²) in [4.78, 5) is 10.9. The summed E-state index contributed by atoms with van der Waals surface area (Å²) >= 11 is 0. The van der Waals surface area contributed by atoms with E-state index < -0.39 is 68.0 Å². The summed E-state index contributed by atoms with van der Waals surface area (Å²) in [5.74, 6) is 0.427. The maximum absolute atomic E-state index is 10.9. The predicted octanol–water partition coefficient (Wildman–Crippen LogP) is -3.49. The first-order valence-electron chi connectivity index (χ1n) is 10.1. The smallest absolute Gasteiger partial charge is 0.187 e. The van der Waals surface area contributed by atoms with Gasteiger partial charge in [-0.05, 0) is 18.2 Å². The maximum Gasteiger partial charge on any atom is 0.187 e. The van der Waals surface area contributed by atoms with Crippen LogP contribution in [0.3, 0.4) is 0 Å². The molecule has 0 amide bonds. The number of rotatable bonds is 8. The fraction of sp³-hybridized carbons (Fsp3) is 0.650. The van der Waals surface area contributed by atoms with E-state index in [1.54, 1.807) is 0 Å². The number of ether oxygens (including phenoxy) is 5. The van der Waals surface area contributed by atoms with Crippen LogP contribution in [0.5, 0.6) is 11.5 Å². The lowest BCUT2D eigenvalue weighted by atomic mass is 9.97. The highest BCUT2D eigenvalue weighted by Crippen LogP contribution is 2.31. The zero-order valence-electron chi connectivity index (χ0n) is 17.6. The summed E-state index contributed by atoms with van der Waals surface area (Å²) < 4.78 is 27.0. The zero-order chi connectivity index (χ0) is 24.3. The third-order valence-corrected chi connectivity index (χ3v) is 5.53. The van der Waals surface area contributed by atoms with Crippen LogP contribution in [0.15, 0.2) is 18.2 Å². The monoisotopic (exact) mass is 476 g/mol. The Hall–Kier alpha value is -1.91. The molecule has 7 N–H and O–H groups in total. The highest BCUT2D eigenvalue weighted by Gasteiger charge is 2.50. The first kappa shape index (κ1) is 25.7. The average molecular weight is 476 g/mol. The van der Waals surface area contributed by atoms with E-state index >= 15 is 0 Å². The molecule has 0 bridgehead atoms. The van der Waals surface area contributed by atoms with Crippen molar-refractivity contribution in [2.45, 2.75) is 61.4 Å². The molecule has 33 heavy (non-hydrogen) atoms. The van der Waals surface area contributed by atoms with Crippen LogP contribution < -0.4 is 9.47 Å². The Labute approximate surface area is 188 Å². The Morgan fingerprint density at radius 3 is 2.27 bits per heavy atom. The molecule has 0 spiro atoms. The van der Waals surface area contributed by atoms with Gasteiger partial charge in [0.2, 0.25) is 0 Å². The molecule has 13 heteroatoms. The van der Waals surface area contributed by atoms with Crippen LogP contribution in [0.4, 0.5) is 0 Å². The van der Waals surface area contributed by atoms with Crippen molar-refractivity contribution in [3.8, 4) is 11.5 Å². The molecule has 2 fully saturated rings. The second-order valence-corrected chi connectivity index (χ2v) is 7.68. The third kappa shape index (κ3) is 5.44. The summed E-state index contributed by atoms with van der Waals surface area (Å²) in [6.07, 6.45) is -15.3. The Balaban J connectivity index is 1.77. The van der Waals surface area contributed by atoms with Crippen molar-refractivity contribution >= 4 is 6.29 Å². The molecule has 2 saturated heterocycles. The van der Waals surface area contributed by atoms with Gasteiger partial charge in [-0.1, -0.05) is 0 Å². The van der Waals surface area contributed by atoms with Crippen LogP contribution in [0, 0.1) is 0 Å². The molecule has 13 nitrogen and oxygen atoms in total. The SMILES string of the molecule is COc1cc(C=O)ccc1OC[C@H]1O[C@H](O)[C@H](O)[C@@H](O)[C@@H]1O[C@H]1O[C@H](CO)[C@@H](O)[C@H](O)[C@H]1O. The zero-order valence-corrected chi connectivity index (χ0v) is 17.6. The van der Waals surface area contributed by atoms with Crippen molar-refractivity contribution in [1.29, 1.82) is 0 Å². The summed E-state index contributed by atoms with van der Waals surface area (Å²) in [6, 6.07) is 4.36. The second kappa shape index (κ2) is 11.0. The summed E-state index contributed by atoms with van der Waals surface area (Å²) in [5, 5.41) is 69.8. The lowest BCUT2D eigenvalue weighted by molar-refractivity contribution is -0.354. The third-order valence-electron chi connectivity index (χ3n) is 5.53. The number of aliphatic hydroxyl groups is 7. The van der Waals surface area contributed by atoms with Gasteiger partial charge in [0, 0.05) is 5.56 Å². The van der Waals surface area contributed by atoms with Gasteiger partial charge in [0.1, 0.15) is 61.7 Å². The van der Waals surface area contributed by atoms with Gasteiger partial charge in [-0.25, -0.2) is 0 Å². The van der Waals surface area contributed by atoms with Crippen molar-refractivity contribution in [1.82, 2.24) is 0 Å². The lowest BCUT2D eigenvalue weighted by Gasteiger charge is -2.45. The van der Waals surface area contributed by atoms with E-state index in [0.29, 0.717) is 11.8 Å². The Bertz CT molecular complexity index is 789. The standard InChI is InChI=1S/C20H28O13/c1-29-10-4-8(5-21)2-3-9(10)30-7-12-18(15(25)16(26)19(28)31-12)33-20-17(27)14(24)13(23)11(6-22)32-20/h2-5,11-20,22-28H,6-7H2,1H3/t11-,12-,13-,14+,15-,16-,17-,18-,19+,20-/m1/s1. The molecular weight excluding hydrogens is 448 g/mol.